The van der Waals surface area contributed by atoms with Crippen LogP contribution in [0.25, 0.3) is 0 Å². The molecule has 150 valence electrons. The topological polar surface area (TPSA) is 117 Å². The fourth-order valence-corrected chi connectivity index (χ4v) is 4.68. The fourth-order valence-electron chi connectivity index (χ4n) is 3.86. The average molecular weight is 411 g/mol. The van der Waals surface area contributed by atoms with E-state index >= 15 is 0 Å². The Morgan fingerprint density at radius 1 is 1.31 bits per heavy atom. The summed E-state index contributed by atoms with van der Waals surface area (Å²) in [5.41, 5.74) is 9.37. The van der Waals surface area contributed by atoms with Crippen LogP contribution in [-0.4, -0.2) is 33.6 Å². The molecule has 2 aromatic rings. The molecule has 1 saturated carbocycles. The number of hydrogen-bond donors (Lipinski definition) is 3. The summed E-state index contributed by atoms with van der Waals surface area (Å²) in [7, 11) is 0. The number of fused-ring (bicyclic) bond motifs is 1. The van der Waals surface area contributed by atoms with Crippen LogP contribution < -0.4 is 16.4 Å². The minimum Gasteiger partial charge on any atom is -0.357 e. The molecule has 29 heavy (non-hydrogen) atoms. The molecule has 5 rings (SSSR count). The Hall–Kier alpha value is -2.78. The maximum atomic E-state index is 12.9. The highest BCUT2D eigenvalue weighted by Crippen LogP contribution is 2.43. The number of amides is 3. The number of benzene rings is 1. The molecule has 2 fully saturated rings. The van der Waals surface area contributed by atoms with Gasteiger partial charge in [-0.05, 0) is 36.5 Å². The van der Waals surface area contributed by atoms with E-state index in [0.29, 0.717) is 25.1 Å². The lowest BCUT2D eigenvalue weighted by Gasteiger charge is -2.29. The number of imide groups is 1. The van der Waals surface area contributed by atoms with Crippen molar-refractivity contribution >= 4 is 34.2 Å². The molecule has 2 aliphatic heterocycles. The van der Waals surface area contributed by atoms with Gasteiger partial charge in [-0.15, -0.1) is 11.3 Å². The molecule has 1 aliphatic carbocycles. The number of hydrogen-bond acceptors (Lipinski definition) is 7. The van der Waals surface area contributed by atoms with Gasteiger partial charge < -0.3 is 16.0 Å². The Morgan fingerprint density at radius 3 is 2.90 bits per heavy atom. The molecular weight excluding hydrogens is 390 g/mol. The molecule has 3 aliphatic rings. The van der Waals surface area contributed by atoms with E-state index in [2.05, 4.69) is 15.6 Å². The number of nitrogens with two attached hydrogens (primary N) is 1. The molecular formula is C20H21N5O3S. The van der Waals surface area contributed by atoms with Crippen molar-refractivity contribution in [3.63, 3.8) is 0 Å². The zero-order valence-corrected chi connectivity index (χ0v) is 16.6. The van der Waals surface area contributed by atoms with Gasteiger partial charge in [0, 0.05) is 30.5 Å². The van der Waals surface area contributed by atoms with E-state index in [1.54, 1.807) is 4.90 Å². The van der Waals surface area contributed by atoms with Crippen molar-refractivity contribution in [2.45, 2.75) is 50.4 Å². The summed E-state index contributed by atoms with van der Waals surface area (Å²) in [5, 5.41) is 8.44. The van der Waals surface area contributed by atoms with Crippen LogP contribution in [0.5, 0.6) is 0 Å². The second kappa shape index (κ2) is 6.64. The molecule has 1 unspecified atom stereocenters. The first-order chi connectivity index (χ1) is 13.9. The smallest absolute Gasteiger partial charge is 0.255 e. The molecule has 0 bridgehead atoms. The van der Waals surface area contributed by atoms with Crippen LogP contribution in [0.4, 0.5) is 5.13 Å². The molecule has 9 heteroatoms. The van der Waals surface area contributed by atoms with Crippen LogP contribution >= 0.6 is 11.3 Å². The number of carbonyl (C=O) groups excluding carboxylic acids is 3. The number of nitrogens with zero attached hydrogens (tertiary/aromatic N) is 2. The van der Waals surface area contributed by atoms with E-state index in [0.717, 1.165) is 34.8 Å². The third-order valence-corrected chi connectivity index (χ3v) is 6.64. The van der Waals surface area contributed by atoms with Crippen LogP contribution in [0.3, 0.4) is 0 Å². The second-order valence-electron chi connectivity index (χ2n) is 7.94. The van der Waals surface area contributed by atoms with Gasteiger partial charge in [0.1, 0.15) is 6.04 Å². The minimum atomic E-state index is -0.589. The summed E-state index contributed by atoms with van der Waals surface area (Å²) < 4.78 is 0. The molecule has 1 aromatic heterocycles. The SMILES string of the molecule is NC1(c2csc(NCc3ccc4c(c3)C(=O)N(C3CCC(=O)NC3=O)C4)n2)CC1. The fraction of sp³-hybridized carbons (Fsp3) is 0.400. The number of thiazole rings is 1. The highest BCUT2D eigenvalue weighted by molar-refractivity contribution is 7.13. The zero-order chi connectivity index (χ0) is 20.2. The highest BCUT2D eigenvalue weighted by atomic mass is 32.1. The monoisotopic (exact) mass is 411 g/mol. The van der Waals surface area contributed by atoms with Gasteiger partial charge >= 0.3 is 0 Å². The van der Waals surface area contributed by atoms with Crippen LogP contribution in [0.1, 0.15) is 52.9 Å². The van der Waals surface area contributed by atoms with Crippen molar-refractivity contribution in [2.24, 2.45) is 5.73 Å². The molecule has 1 saturated heterocycles. The van der Waals surface area contributed by atoms with Crippen LogP contribution in [0.2, 0.25) is 0 Å². The lowest BCUT2D eigenvalue weighted by atomic mass is 10.0. The van der Waals surface area contributed by atoms with E-state index in [9.17, 15) is 14.4 Å². The number of carbonyl (C=O) groups is 3. The Kier molecular flexibility index (Phi) is 4.18. The van der Waals surface area contributed by atoms with Crippen molar-refractivity contribution < 1.29 is 14.4 Å². The number of aromatic nitrogens is 1. The van der Waals surface area contributed by atoms with Crippen molar-refractivity contribution in [2.75, 3.05) is 5.32 Å². The first-order valence-electron chi connectivity index (χ1n) is 9.68. The maximum Gasteiger partial charge on any atom is 0.255 e. The zero-order valence-electron chi connectivity index (χ0n) is 15.7. The van der Waals surface area contributed by atoms with Crippen LogP contribution in [0.15, 0.2) is 23.6 Å². The van der Waals surface area contributed by atoms with Gasteiger partial charge in [0.15, 0.2) is 5.13 Å². The third kappa shape index (κ3) is 3.30. The number of anilines is 1. The maximum absolute atomic E-state index is 12.9. The van der Waals surface area contributed by atoms with Crippen molar-refractivity contribution in [3.8, 4) is 0 Å². The highest BCUT2D eigenvalue weighted by Gasteiger charge is 2.42. The third-order valence-electron chi connectivity index (χ3n) is 5.84. The Morgan fingerprint density at radius 2 is 2.14 bits per heavy atom. The first-order valence-corrected chi connectivity index (χ1v) is 10.6. The van der Waals surface area contributed by atoms with E-state index < -0.39 is 11.9 Å². The summed E-state index contributed by atoms with van der Waals surface area (Å²) in [5.74, 6) is -0.833. The number of rotatable bonds is 5. The Labute approximate surface area is 171 Å². The molecule has 3 amide bonds. The molecule has 3 heterocycles. The lowest BCUT2D eigenvalue weighted by molar-refractivity contribution is -0.136. The van der Waals surface area contributed by atoms with E-state index in [-0.39, 0.29) is 23.8 Å². The van der Waals surface area contributed by atoms with Gasteiger partial charge in [-0.1, -0.05) is 12.1 Å². The van der Waals surface area contributed by atoms with Gasteiger partial charge in [0.25, 0.3) is 5.91 Å². The number of nitrogens with one attached hydrogen (secondary N) is 2. The summed E-state index contributed by atoms with van der Waals surface area (Å²) in [4.78, 5) is 42.5. The predicted octanol–water partition coefficient (Wildman–Crippen LogP) is 1.46. The van der Waals surface area contributed by atoms with Gasteiger partial charge in [0.2, 0.25) is 11.8 Å². The largest absolute Gasteiger partial charge is 0.357 e. The quantitative estimate of drug-likeness (QED) is 0.642. The average Bonchev–Trinajstić information content (AvgIpc) is 3.13. The standard InChI is InChI=1S/C20H21N5O3S/c21-20(5-6-20)15-10-29-19(23-15)22-8-11-1-2-12-9-25(18(28)13(12)7-11)14-3-4-16(26)24-17(14)27/h1-2,7,10,14H,3-6,8-9,21H2,(H,22,23)(H,24,26,27). The summed E-state index contributed by atoms with van der Waals surface area (Å²) in [6.45, 7) is 0.937. The van der Waals surface area contributed by atoms with E-state index in [4.69, 9.17) is 5.73 Å². The molecule has 0 radical (unpaired) electrons. The molecule has 1 atom stereocenters. The minimum absolute atomic E-state index is 0.160. The second-order valence-corrected chi connectivity index (χ2v) is 8.80. The van der Waals surface area contributed by atoms with Crippen molar-refractivity contribution in [1.82, 2.24) is 15.2 Å². The predicted molar refractivity (Wildman–Crippen MR) is 107 cm³/mol. The van der Waals surface area contributed by atoms with Crippen molar-refractivity contribution in [1.29, 1.82) is 0 Å². The van der Waals surface area contributed by atoms with E-state index in [1.807, 2.05) is 23.6 Å². The van der Waals surface area contributed by atoms with E-state index in [1.165, 1.54) is 11.3 Å². The van der Waals surface area contributed by atoms with Gasteiger partial charge in [0.05, 0.1) is 11.2 Å². The van der Waals surface area contributed by atoms with Gasteiger partial charge in [-0.2, -0.15) is 0 Å². The summed E-state index contributed by atoms with van der Waals surface area (Å²) >= 11 is 1.53. The normalized spacial score (nSPS) is 22.4. The summed E-state index contributed by atoms with van der Waals surface area (Å²) in [6, 6.07) is 5.19. The van der Waals surface area contributed by atoms with Gasteiger partial charge in [-0.25, -0.2) is 4.98 Å². The molecule has 4 N–H and O–H groups in total. The molecule has 8 nitrogen and oxygen atoms in total. The van der Waals surface area contributed by atoms with Gasteiger partial charge in [-0.3, -0.25) is 19.7 Å². The lowest BCUT2D eigenvalue weighted by Crippen LogP contribution is -2.52. The molecule has 0 spiro atoms. The molecule has 1 aromatic carbocycles. The Balaban J connectivity index is 1.27. The summed E-state index contributed by atoms with van der Waals surface area (Å²) in [6.07, 6.45) is 2.58. The number of piperidine rings is 1. The Bertz CT molecular complexity index is 1030. The van der Waals surface area contributed by atoms with Crippen LogP contribution in [-0.2, 0) is 28.2 Å². The van der Waals surface area contributed by atoms with Crippen LogP contribution in [0, 0.1) is 0 Å². The first kappa shape index (κ1) is 18.3. The van der Waals surface area contributed by atoms with Crippen molar-refractivity contribution in [3.05, 3.63) is 46.0 Å².